The summed E-state index contributed by atoms with van der Waals surface area (Å²) in [6.07, 6.45) is 0.552. The molecule has 0 spiro atoms. The predicted octanol–water partition coefficient (Wildman–Crippen LogP) is 5.39. The molecule has 31 heavy (non-hydrogen) atoms. The molecular formula is C22H23Cl2NO4S2. The lowest BCUT2D eigenvalue weighted by molar-refractivity contribution is -0.126. The van der Waals surface area contributed by atoms with Gasteiger partial charge >= 0.3 is 0 Å². The highest BCUT2D eigenvalue weighted by molar-refractivity contribution is 8.24. The molecule has 1 atom stereocenters. The average molecular weight is 500 g/mol. The van der Waals surface area contributed by atoms with Gasteiger partial charge in [0.25, 0.3) is 0 Å². The third-order valence-electron chi connectivity index (χ3n) is 4.65. The Kier molecular flexibility index (Phi) is 8.86. The summed E-state index contributed by atoms with van der Waals surface area (Å²) in [4.78, 5) is 14.3. The number of thioether (sulfide) groups is 1. The number of carbonyl (C=O) groups excluding carboxylic acids is 1. The Bertz CT molecular complexity index is 957. The van der Waals surface area contributed by atoms with Crippen LogP contribution < -0.4 is 9.47 Å². The van der Waals surface area contributed by atoms with Gasteiger partial charge in [-0.3, -0.25) is 9.69 Å². The second-order valence-electron chi connectivity index (χ2n) is 6.80. The number of hydrogen-bond donors (Lipinski definition) is 0. The van der Waals surface area contributed by atoms with Crippen molar-refractivity contribution in [3.8, 4) is 11.5 Å². The minimum Gasteiger partial charge on any atom is -0.490 e. The molecule has 9 heteroatoms. The zero-order valence-electron chi connectivity index (χ0n) is 17.2. The van der Waals surface area contributed by atoms with Crippen LogP contribution in [-0.2, 0) is 22.6 Å². The Morgan fingerprint density at radius 2 is 1.94 bits per heavy atom. The highest BCUT2D eigenvalue weighted by atomic mass is 35.5. The Balaban J connectivity index is 1.70. The van der Waals surface area contributed by atoms with Crippen LogP contribution in [0.1, 0.15) is 18.1 Å². The second-order valence-corrected chi connectivity index (χ2v) is 9.48. The Morgan fingerprint density at radius 1 is 1.13 bits per heavy atom. The normalized spacial score (nSPS) is 16.1. The lowest BCUT2D eigenvalue weighted by Gasteiger charge is -2.16. The number of amides is 1. The molecule has 2 aromatic rings. The van der Waals surface area contributed by atoms with Crippen molar-refractivity contribution < 1.29 is 19.0 Å². The summed E-state index contributed by atoms with van der Waals surface area (Å²) < 4.78 is 17.4. The summed E-state index contributed by atoms with van der Waals surface area (Å²) >= 11 is 19.0. The van der Waals surface area contributed by atoms with E-state index < -0.39 is 0 Å². The molecule has 5 nitrogen and oxygen atoms in total. The van der Waals surface area contributed by atoms with Crippen molar-refractivity contribution in [2.45, 2.75) is 25.2 Å². The predicted molar refractivity (Wildman–Crippen MR) is 130 cm³/mol. The van der Waals surface area contributed by atoms with Gasteiger partial charge in [-0.1, -0.05) is 59.3 Å². The fourth-order valence-corrected chi connectivity index (χ4v) is 5.14. The van der Waals surface area contributed by atoms with Crippen molar-refractivity contribution in [2.75, 3.05) is 26.9 Å². The number of carbonyl (C=O) groups is 1. The molecule has 0 bridgehead atoms. The molecule has 2 aromatic carbocycles. The second kappa shape index (κ2) is 11.4. The van der Waals surface area contributed by atoms with E-state index in [2.05, 4.69) is 0 Å². The highest BCUT2D eigenvalue weighted by Crippen LogP contribution is 2.34. The fraction of sp³-hybridized carbons (Fsp3) is 0.364. The first-order valence-corrected chi connectivity index (χ1v) is 11.8. The van der Waals surface area contributed by atoms with Crippen molar-refractivity contribution in [2.24, 2.45) is 0 Å². The van der Waals surface area contributed by atoms with E-state index in [0.717, 1.165) is 11.1 Å². The molecule has 0 radical (unpaired) electrons. The number of hydrogen-bond acceptors (Lipinski definition) is 6. The molecule has 0 unspecified atom stereocenters. The van der Waals surface area contributed by atoms with Crippen LogP contribution in [-0.4, -0.2) is 47.2 Å². The summed E-state index contributed by atoms with van der Waals surface area (Å²) in [7, 11) is 1.61. The van der Waals surface area contributed by atoms with Crippen LogP contribution in [0.4, 0.5) is 0 Å². The van der Waals surface area contributed by atoms with Gasteiger partial charge in [0.2, 0.25) is 5.91 Å². The van der Waals surface area contributed by atoms with Crippen LogP contribution in [0.2, 0.25) is 10.0 Å². The number of thiocarbonyl (C=S) groups is 1. The van der Waals surface area contributed by atoms with Gasteiger partial charge in [0.05, 0.1) is 25.0 Å². The lowest BCUT2D eigenvalue weighted by atomic mass is 10.1. The standard InChI is InChI=1S/C22H23Cl2NO4S2/c1-3-28-19-10-14(11-20-21(26)25(8-9-27-2)22(30)31-20)4-7-18(19)29-13-15-5-6-16(23)12-17(15)24/h4-7,10,12,20H,3,8-9,11,13H2,1-2H3/t20-/m1/s1. The first-order chi connectivity index (χ1) is 14.9. The van der Waals surface area contributed by atoms with E-state index >= 15 is 0 Å². The van der Waals surface area contributed by atoms with Crippen LogP contribution >= 0.6 is 47.2 Å². The number of benzene rings is 2. The number of halogens is 2. The maximum absolute atomic E-state index is 12.7. The van der Waals surface area contributed by atoms with Gasteiger partial charge in [0.15, 0.2) is 11.5 Å². The zero-order valence-corrected chi connectivity index (χ0v) is 20.4. The van der Waals surface area contributed by atoms with Crippen molar-refractivity contribution in [3.05, 3.63) is 57.6 Å². The summed E-state index contributed by atoms with van der Waals surface area (Å²) in [5.41, 5.74) is 1.80. The molecule has 1 fully saturated rings. The average Bonchev–Trinajstić information content (AvgIpc) is 2.99. The van der Waals surface area contributed by atoms with Crippen molar-refractivity contribution in [1.29, 1.82) is 0 Å². The quantitative estimate of drug-likeness (QED) is 0.408. The van der Waals surface area contributed by atoms with Gasteiger partial charge in [-0.05, 0) is 43.2 Å². The van der Waals surface area contributed by atoms with Crippen LogP contribution in [0.25, 0.3) is 0 Å². The number of methoxy groups -OCH3 is 1. The van der Waals surface area contributed by atoms with E-state index in [-0.39, 0.29) is 17.8 Å². The van der Waals surface area contributed by atoms with Crippen molar-refractivity contribution >= 4 is 57.4 Å². The van der Waals surface area contributed by atoms with E-state index in [1.54, 1.807) is 24.1 Å². The molecule has 0 N–H and O–H groups in total. The monoisotopic (exact) mass is 499 g/mol. The van der Waals surface area contributed by atoms with Gasteiger partial charge in [-0.15, -0.1) is 0 Å². The molecule has 1 saturated heterocycles. The lowest BCUT2D eigenvalue weighted by Crippen LogP contribution is -2.34. The Hall–Kier alpha value is -1.51. The minimum atomic E-state index is -0.251. The van der Waals surface area contributed by atoms with Crippen molar-refractivity contribution in [1.82, 2.24) is 4.90 Å². The summed E-state index contributed by atoms with van der Waals surface area (Å²) in [6, 6.07) is 11.0. The SMILES string of the molecule is CCOc1cc(C[C@H]2SC(=S)N(CCOC)C2=O)ccc1OCc1ccc(Cl)cc1Cl. The zero-order chi connectivity index (χ0) is 22.4. The third kappa shape index (κ3) is 6.26. The fourth-order valence-electron chi connectivity index (χ4n) is 3.09. The van der Waals surface area contributed by atoms with Crippen LogP contribution in [0, 0.1) is 0 Å². The van der Waals surface area contributed by atoms with E-state index in [9.17, 15) is 4.79 Å². The summed E-state index contributed by atoms with van der Waals surface area (Å²) in [5, 5.41) is 0.874. The Labute approximate surface area is 201 Å². The van der Waals surface area contributed by atoms with Crippen molar-refractivity contribution in [3.63, 3.8) is 0 Å². The summed E-state index contributed by atoms with van der Waals surface area (Å²) in [5.74, 6) is 1.25. The molecule has 0 aliphatic carbocycles. The third-order valence-corrected chi connectivity index (χ3v) is 6.82. The smallest absolute Gasteiger partial charge is 0.242 e. The molecule has 1 aliphatic rings. The Morgan fingerprint density at radius 3 is 2.65 bits per heavy atom. The van der Waals surface area contributed by atoms with E-state index in [1.165, 1.54) is 11.8 Å². The number of ether oxygens (including phenoxy) is 3. The largest absolute Gasteiger partial charge is 0.490 e. The molecule has 1 amide bonds. The summed E-state index contributed by atoms with van der Waals surface area (Å²) in [6.45, 7) is 3.62. The van der Waals surface area contributed by atoms with Crippen LogP contribution in [0.5, 0.6) is 11.5 Å². The van der Waals surface area contributed by atoms with Gasteiger partial charge < -0.3 is 14.2 Å². The maximum Gasteiger partial charge on any atom is 0.242 e. The van der Waals surface area contributed by atoms with E-state index in [0.29, 0.717) is 52.0 Å². The number of nitrogens with zero attached hydrogens (tertiary/aromatic N) is 1. The van der Waals surface area contributed by atoms with E-state index in [4.69, 9.17) is 49.6 Å². The molecule has 0 aromatic heterocycles. The van der Waals surface area contributed by atoms with Crippen LogP contribution in [0.15, 0.2) is 36.4 Å². The van der Waals surface area contributed by atoms with Gasteiger partial charge in [0, 0.05) is 22.7 Å². The first-order valence-electron chi connectivity index (χ1n) is 9.76. The number of rotatable bonds is 10. The van der Waals surface area contributed by atoms with Gasteiger partial charge in [-0.2, -0.15) is 0 Å². The van der Waals surface area contributed by atoms with E-state index in [1.807, 2.05) is 31.2 Å². The first kappa shape index (κ1) is 24.1. The van der Waals surface area contributed by atoms with Crippen LogP contribution in [0.3, 0.4) is 0 Å². The molecule has 0 saturated carbocycles. The van der Waals surface area contributed by atoms with Gasteiger partial charge in [0.1, 0.15) is 10.9 Å². The molecule has 3 rings (SSSR count). The maximum atomic E-state index is 12.7. The topological polar surface area (TPSA) is 48.0 Å². The molecule has 166 valence electrons. The molecule has 1 aliphatic heterocycles. The molecule has 1 heterocycles. The minimum absolute atomic E-state index is 0.0164. The van der Waals surface area contributed by atoms with Gasteiger partial charge in [-0.25, -0.2) is 0 Å². The molecular weight excluding hydrogens is 477 g/mol. The highest BCUT2D eigenvalue weighted by Gasteiger charge is 2.36.